The highest BCUT2D eigenvalue weighted by Gasteiger charge is 2.03. The van der Waals surface area contributed by atoms with Crippen molar-refractivity contribution < 1.29 is 8.85 Å². The first-order valence-electron chi connectivity index (χ1n) is 4.34. The van der Waals surface area contributed by atoms with Gasteiger partial charge in [-0.25, -0.2) is 0 Å². The maximum Gasteiger partial charge on any atom is 0.163 e. The van der Waals surface area contributed by atoms with Gasteiger partial charge < -0.3 is 8.85 Å². The molecule has 0 aromatic carbocycles. The summed E-state index contributed by atoms with van der Waals surface area (Å²) in [7, 11) is -1.07. The van der Waals surface area contributed by atoms with Gasteiger partial charge in [0.25, 0.3) is 0 Å². The third kappa shape index (κ3) is 10.0. The average Bonchev–Trinajstić information content (AvgIpc) is 2.22. The van der Waals surface area contributed by atoms with Crippen molar-refractivity contribution in [1.82, 2.24) is 0 Å². The van der Waals surface area contributed by atoms with Crippen molar-refractivity contribution in [3.05, 3.63) is 0 Å². The molecule has 0 aliphatic carbocycles. The van der Waals surface area contributed by atoms with Gasteiger partial charge in [0, 0.05) is 0 Å². The Labute approximate surface area is 109 Å². The molecule has 0 rings (SSSR count). The molecule has 0 N–H and O–H groups in total. The smallest absolute Gasteiger partial charge is 0.163 e. The first kappa shape index (κ1) is 15.5. The average molecular weight is 316 g/mol. The molecule has 0 radical (unpaired) electrons. The molecular formula is C6H14Cl4O2Si2. The van der Waals surface area contributed by atoms with E-state index in [9.17, 15) is 0 Å². The summed E-state index contributed by atoms with van der Waals surface area (Å²) in [5, 5.41) is 0. The Kier molecular flexibility index (Phi) is 12.2. The summed E-state index contributed by atoms with van der Waals surface area (Å²) in [6.45, 7) is 0. The van der Waals surface area contributed by atoms with Gasteiger partial charge in [0.15, 0.2) is 19.5 Å². The molecule has 0 bridgehead atoms. The molecule has 8 heteroatoms. The highest BCUT2D eigenvalue weighted by molar-refractivity contribution is 6.37. The van der Waals surface area contributed by atoms with Crippen LogP contribution in [0.3, 0.4) is 0 Å². The second-order valence-electron chi connectivity index (χ2n) is 2.58. The number of halogens is 4. The molecule has 14 heavy (non-hydrogen) atoms. The zero-order chi connectivity index (χ0) is 10.8. The summed E-state index contributed by atoms with van der Waals surface area (Å²) in [5.74, 6) is 0.691. The van der Waals surface area contributed by atoms with Crippen LogP contribution in [0.15, 0.2) is 0 Å². The molecule has 0 aliphatic rings. The van der Waals surface area contributed by atoms with E-state index in [2.05, 4.69) is 0 Å². The summed E-state index contributed by atoms with van der Waals surface area (Å²) in [4.78, 5) is 0. The van der Waals surface area contributed by atoms with Crippen molar-refractivity contribution >= 4 is 65.9 Å². The minimum Gasteiger partial charge on any atom is -0.407 e. The Morgan fingerprint density at radius 3 is 1.50 bits per heavy atom. The maximum absolute atomic E-state index is 5.67. The van der Waals surface area contributed by atoms with E-state index in [1.165, 1.54) is 0 Å². The van der Waals surface area contributed by atoms with Crippen LogP contribution in [0.1, 0.15) is 0 Å². The van der Waals surface area contributed by atoms with E-state index in [0.29, 0.717) is 11.8 Å². The lowest BCUT2D eigenvalue weighted by molar-refractivity contribution is 0.315. The van der Waals surface area contributed by atoms with E-state index in [1.807, 2.05) is 0 Å². The van der Waals surface area contributed by atoms with Crippen LogP contribution in [0.4, 0.5) is 0 Å². The topological polar surface area (TPSA) is 18.5 Å². The van der Waals surface area contributed by atoms with Crippen LogP contribution in [0.2, 0.25) is 12.1 Å². The SMILES string of the molecule is ClCC(Cl)O[SiH2]CC[SiH2]OC(Cl)CCl. The fraction of sp³-hybridized carbons (Fsp3) is 1.00. The molecule has 0 heterocycles. The van der Waals surface area contributed by atoms with E-state index >= 15 is 0 Å². The molecule has 0 aromatic rings. The van der Waals surface area contributed by atoms with Gasteiger partial charge in [-0.05, 0) is 12.1 Å². The lowest BCUT2D eigenvalue weighted by Gasteiger charge is -2.08. The number of rotatable bonds is 9. The van der Waals surface area contributed by atoms with E-state index in [-0.39, 0.29) is 11.1 Å². The van der Waals surface area contributed by atoms with E-state index in [1.54, 1.807) is 0 Å². The predicted octanol–water partition coefficient (Wildman–Crippen LogP) is 1.63. The van der Waals surface area contributed by atoms with Crippen molar-refractivity contribution in [3.8, 4) is 0 Å². The van der Waals surface area contributed by atoms with Crippen molar-refractivity contribution in [1.29, 1.82) is 0 Å². The summed E-state index contributed by atoms with van der Waals surface area (Å²) in [5.41, 5.74) is -0.649. The molecule has 2 nitrogen and oxygen atoms in total. The van der Waals surface area contributed by atoms with E-state index in [0.717, 1.165) is 12.1 Å². The van der Waals surface area contributed by atoms with Gasteiger partial charge in [0.1, 0.15) is 11.1 Å². The molecule has 2 atom stereocenters. The second-order valence-corrected chi connectivity index (χ2v) is 7.07. The van der Waals surface area contributed by atoms with Crippen molar-refractivity contribution in [3.63, 3.8) is 0 Å². The lowest BCUT2D eigenvalue weighted by Crippen LogP contribution is -2.13. The largest absolute Gasteiger partial charge is 0.407 e. The van der Waals surface area contributed by atoms with Crippen LogP contribution >= 0.6 is 46.4 Å². The minimum absolute atomic E-state index is 0.325. The molecule has 2 unspecified atom stereocenters. The summed E-state index contributed by atoms with van der Waals surface area (Å²) in [6, 6.07) is 2.14. The van der Waals surface area contributed by atoms with E-state index < -0.39 is 19.5 Å². The fourth-order valence-corrected chi connectivity index (χ4v) is 4.44. The molecule has 0 saturated carbocycles. The van der Waals surface area contributed by atoms with Crippen LogP contribution in [-0.4, -0.2) is 42.4 Å². The Bertz CT molecular complexity index is 118. The molecule has 86 valence electrons. The predicted molar refractivity (Wildman–Crippen MR) is 69.6 cm³/mol. The Morgan fingerprint density at radius 2 is 1.21 bits per heavy atom. The Balaban J connectivity index is 3.06. The highest BCUT2D eigenvalue weighted by atomic mass is 35.5. The lowest BCUT2D eigenvalue weighted by atomic mass is 10.9. The molecule has 0 fully saturated rings. The quantitative estimate of drug-likeness (QED) is 0.366. The second kappa shape index (κ2) is 11.0. The van der Waals surface area contributed by atoms with Crippen molar-refractivity contribution in [2.24, 2.45) is 0 Å². The van der Waals surface area contributed by atoms with Gasteiger partial charge >= 0.3 is 0 Å². The van der Waals surface area contributed by atoms with Gasteiger partial charge in [-0.1, -0.05) is 23.2 Å². The minimum atomic E-state index is -0.536. The highest BCUT2D eigenvalue weighted by Crippen LogP contribution is 2.04. The molecule has 0 aliphatic heterocycles. The first-order chi connectivity index (χ1) is 6.70. The molecule has 0 amide bonds. The monoisotopic (exact) mass is 314 g/mol. The number of alkyl halides is 4. The maximum atomic E-state index is 5.67. The summed E-state index contributed by atoms with van der Waals surface area (Å²) in [6.07, 6.45) is 0. The van der Waals surface area contributed by atoms with Crippen LogP contribution in [0, 0.1) is 0 Å². The zero-order valence-electron chi connectivity index (χ0n) is 7.73. The molecule has 0 aromatic heterocycles. The summed E-state index contributed by atoms with van der Waals surface area (Å²) < 4.78 is 10.6. The third-order valence-electron chi connectivity index (χ3n) is 1.38. The fourth-order valence-electron chi connectivity index (χ4n) is 0.716. The van der Waals surface area contributed by atoms with Crippen LogP contribution < -0.4 is 0 Å². The van der Waals surface area contributed by atoms with Gasteiger partial charge in [-0.3, -0.25) is 0 Å². The molecule has 0 saturated heterocycles. The first-order valence-corrected chi connectivity index (χ1v) is 9.43. The Hall–Kier alpha value is 1.51. The number of hydrogen-bond acceptors (Lipinski definition) is 2. The van der Waals surface area contributed by atoms with E-state index in [4.69, 9.17) is 55.3 Å². The van der Waals surface area contributed by atoms with Crippen LogP contribution in [-0.2, 0) is 8.85 Å². The Morgan fingerprint density at radius 1 is 0.857 bits per heavy atom. The normalized spacial score (nSPS) is 17.1. The van der Waals surface area contributed by atoms with Gasteiger partial charge in [0.2, 0.25) is 0 Å². The van der Waals surface area contributed by atoms with Gasteiger partial charge in [-0.2, -0.15) is 0 Å². The van der Waals surface area contributed by atoms with Gasteiger partial charge in [0.05, 0.1) is 11.8 Å². The van der Waals surface area contributed by atoms with Crippen LogP contribution in [0.5, 0.6) is 0 Å². The molecule has 0 spiro atoms. The third-order valence-corrected chi connectivity index (χ3v) is 7.09. The number of hydrogen-bond donors (Lipinski definition) is 0. The standard InChI is InChI=1S/C6H14Cl4O2Si2/c7-3-5(9)11-13-1-2-14-12-6(10)4-8/h5-6H,1-4,13-14H2. The van der Waals surface area contributed by atoms with Crippen molar-refractivity contribution in [2.75, 3.05) is 11.8 Å². The van der Waals surface area contributed by atoms with Crippen LogP contribution in [0.25, 0.3) is 0 Å². The van der Waals surface area contributed by atoms with Crippen molar-refractivity contribution in [2.45, 2.75) is 23.2 Å². The van der Waals surface area contributed by atoms with Gasteiger partial charge in [-0.15, -0.1) is 23.2 Å². The zero-order valence-corrected chi connectivity index (χ0v) is 13.6. The summed E-state index contributed by atoms with van der Waals surface area (Å²) >= 11 is 22.3. The molecular weight excluding hydrogens is 302 g/mol.